The van der Waals surface area contributed by atoms with Crippen molar-refractivity contribution < 1.29 is 8.83 Å². The van der Waals surface area contributed by atoms with E-state index in [2.05, 4.69) is 94.7 Å². The molecule has 0 spiro atoms. The molecule has 0 N–H and O–H groups in total. The summed E-state index contributed by atoms with van der Waals surface area (Å²) in [7, 11) is 0. The Kier molecular flexibility index (Phi) is 8.19. The van der Waals surface area contributed by atoms with E-state index >= 15 is 0 Å². The minimum absolute atomic E-state index is 0.574. The SMILES string of the molecule is N#Cc1ccc(N(c2ccc(C#N)cc2)c2ccc3cc4c(cc3c2)oc2ccc3oc5cc6cc(N(c7ccc(C#N)cc7)c7ccc(C#N)cc7)ccc6cc5c3c24)cc1. The summed E-state index contributed by atoms with van der Waals surface area (Å²) in [6, 6.07) is 63.8. The van der Waals surface area contributed by atoms with Gasteiger partial charge in [-0.2, -0.15) is 21.0 Å². The van der Waals surface area contributed by atoms with Crippen molar-refractivity contribution in [2.45, 2.75) is 0 Å². The topological polar surface area (TPSA) is 128 Å². The third-order valence-corrected chi connectivity index (χ3v) is 11.5. The molecular formula is C54H28N6O2. The Morgan fingerprint density at radius 2 is 0.597 bits per heavy atom. The Hall–Kier alpha value is -9.34. The summed E-state index contributed by atoms with van der Waals surface area (Å²) >= 11 is 0. The summed E-state index contributed by atoms with van der Waals surface area (Å²) < 4.78 is 13.2. The van der Waals surface area contributed by atoms with Crippen LogP contribution in [0.2, 0.25) is 0 Å². The van der Waals surface area contributed by atoms with E-state index in [4.69, 9.17) is 8.83 Å². The van der Waals surface area contributed by atoms with Gasteiger partial charge in [0.2, 0.25) is 0 Å². The first-order chi connectivity index (χ1) is 30.5. The van der Waals surface area contributed by atoms with Gasteiger partial charge in [0.1, 0.15) is 22.3 Å². The fourth-order valence-corrected chi connectivity index (χ4v) is 8.51. The van der Waals surface area contributed by atoms with Crippen LogP contribution < -0.4 is 9.80 Å². The van der Waals surface area contributed by atoms with E-state index in [0.717, 1.165) is 99.5 Å². The van der Waals surface area contributed by atoms with Gasteiger partial charge in [0.15, 0.2) is 0 Å². The maximum Gasteiger partial charge on any atom is 0.136 e. The number of nitriles is 4. The second kappa shape index (κ2) is 14.2. The number of nitrogens with zero attached hydrogens (tertiary/aromatic N) is 6. The van der Waals surface area contributed by atoms with Gasteiger partial charge >= 0.3 is 0 Å². The highest BCUT2D eigenvalue weighted by Gasteiger charge is 2.20. The van der Waals surface area contributed by atoms with Crippen molar-refractivity contribution in [1.29, 1.82) is 21.0 Å². The lowest BCUT2D eigenvalue weighted by molar-refractivity contribution is 0.663. The summed E-state index contributed by atoms with van der Waals surface area (Å²) in [5.74, 6) is 0. The van der Waals surface area contributed by atoms with Crippen LogP contribution in [0.15, 0.2) is 179 Å². The smallest absolute Gasteiger partial charge is 0.136 e. The third kappa shape index (κ3) is 5.89. The number of fused-ring (bicyclic) bond motifs is 9. The van der Waals surface area contributed by atoms with E-state index in [1.54, 1.807) is 48.5 Å². The summed E-state index contributed by atoms with van der Waals surface area (Å²) in [5.41, 5.74) is 10.7. The fraction of sp³-hybridized carbons (Fsp3) is 0. The van der Waals surface area contributed by atoms with E-state index in [1.807, 2.05) is 60.7 Å². The minimum Gasteiger partial charge on any atom is -0.456 e. The van der Waals surface area contributed by atoms with Crippen molar-refractivity contribution in [2.75, 3.05) is 9.80 Å². The molecule has 8 heteroatoms. The summed E-state index contributed by atoms with van der Waals surface area (Å²) in [6.07, 6.45) is 0. The largest absolute Gasteiger partial charge is 0.456 e. The second-order valence-corrected chi connectivity index (χ2v) is 15.1. The first kappa shape index (κ1) is 35.8. The van der Waals surface area contributed by atoms with E-state index in [-0.39, 0.29) is 0 Å². The molecule has 0 aliphatic carbocycles. The number of hydrogen-bond donors (Lipinski definition) is 0. The van der Waals surface area contributed by atoms with Crippen LogP contribution in [-0.4, -0.2) is 0 Å². The number of benzene rings is 9. The zero-order valence-electron chi connectivity index (χ0n) is 32.7. The van der Waals surface area contributed by atoms with Crippen LogP contribution in [-0.2, 0) is 0 Å². The zero-order valence-corrected chi connectivity index (χ0v) is 32.7. The van der Waals surface area contributed by atoms with E-state index < -0.39 is 0 Å². The zero-order chi connectivity index (χ0) is 41.9. The lowest BCUT2D eigenvalue weighted by atomic mass is 10.0. The molecule has 0 fully saturated rings. The van der Waals surface area contributed by atoms with Gasteiger partial charge in [0.05, 0.1) is 46.5 Å². The number of anilines is 6. The lowest BCUT2D eigenvalue weighted by Gasteiger charge is -2.26. The quantitative estimate of drug-likeness (QED) is 0.163. The maximum absolute atomic E-state index is 9.45. The molecule has 0 saturated carbocycles. The van der Waals surface area contributed by atoms with E-state index in [1.165, 1.54) is 0 Å². The standard InChI is InChI=1S/C54H28N6O2/c55-29-33-1-11-41(12-2-33)59(42-13-3-34(30-56)4-14-42)45-19-9-37-25-47-51(27-39(37)23-45)61-49-21-22-50-54(53(47)49)48-26-38-10-20-46(24-40(38)28-52(48)62-50)60(43-15-5-35(31-57)6-16-43)44-17-7-36(32-58)8-18-44/h1-28H. The molecule has 11 aromatic rings. The van der Waals surface area contributed by atoms with Crippen LogP contribution in [0.25, 0.3) is 65.4 Å². The normalized spacial score (nSPS) is 11.2. The Labute approximate surface area is 354 Å². The van der Waals surface area contributed by atoms with Gasteiger partial charge in [-0.05, 0) is 179 Å². The van der Waals surface area contributed by atoms with E-state index in [9.17, 15) is 21.0 Å². The van der Waals surface area contributed by atoms with Crippen LogP contribution in [0.3, 0.4) is 0 Å². The average Bonchev–Trinajstić information content (AvgIpc) is 3.87. The predicted octanol–water partition coefficient (Wildman–Crippen LogP) is 14.2. The molecule has 0 atom stereocenters. The van der Waals surface area contributed by atoms with Crippen molar-refractivity contribution in [1.82, 2.24) is 0 Å². The van der Waals surface area contributed by atoms with Gasteiger partial charge in [0.25, 0.3) is 0 Å². The third-order valence-electron chi connectivity index (χ3n) is 11.5. The first-order valence-electron chi connectivity index (χ1n) is 19.8. The highest BCUT2D eigenvalue weighted by Crippen LogP contribution is 2.44. The molecule has 286 valence electrons. The molecule has 0 radical (unpaired) electrons. The minimum atomic E-state index is 0.574. The maximum atomic E-state index is 9.45. The average molecular weight is 793 g/mol. The fourth-order valence-electron chi connectivity index (χ4n) is 8.51. The number of hydrogen-bond acceptors (Lipinski definition) is 8. The van der Waals surface area contributed by atoms with Gasteiger partial charge < -0.3 is 18.6 Å². The number of furan rings is 2. The molecule has 8 nitrogen and oxygen atoms in total. The van der Waals surface area contributed by atoms with Gasteiger partial charge in [-0.1, -0.05) is 12.1 Å². The van der Waals surface area contributed by atoms with Gasteiger partial charge in [-0.25, -0.2) is 0 Å². The van der Waals surface area contributed by atoms with Crippen LogP contribution in [0.4, 0.5) is 34.1 Å². The molecule has 0 aliphatic rings. The van der Waals surface area contributed by atoms with Crippen molar-refractivity contribution in [3.63, 3.8) is 0 Å². The lowest BCUT2D eigenvalue weighted by Crippen LogP contribution is -2.09. The van der Waals surface area contributed by atoms with Gasteiger partial charge in [-0.3, -0.25) is 0 Å². The molecule has 2 heterocycles. The molecule has 9 aromatic carbocycles. The molecule has 0 saturated heterocycles. The number of rotatable bonds is 6. The van der Waals surface area contributed by atoms with Gasteiger partial charge in [-0.15, -0.1) is 0 Å². The van der Waals surface area contributed by atoms with Crippen molar-refractivity contribution >= 4 is 99.5 Å². The van der Waals surface area contributed by atoms with E-state index in [0.29, 0.717) is 22.3 Å². The summed E-state index contributed by atoms with van der Waals surface area (Å²) in [6.45, 7) is 0. The van der Waals surface area contributed by atoms with Crippen LogP contribution in [0.1, 0.15) is 22.3 Å². The summed E-state index contributed by atoms with van der Waals surface area (Å²) in [4.78, 5) is 4.22. The monoisotopic (exact) mass is 792 g/mol. The van der Waals surface area contributed by atoms with Crippen molar-refractivity contribution in [2.24, 2.45) is 0 Å². The molecule has 0 aliphatic heterocycles. The van der Waals surface area contributed by atoms with Crippen molar-refractivity contribution in [3.8, 4) is 24.3 Å². The van der Waals surface area contributed by atoms with Crippen LogP contribution in [0.5, 0.6) is 0 Å². The van der Waals surface area contributed by atoms with Crippen molar-refractivity contribution in [3.05, 3.63) is 192 Å². The molecule has 2 aromatic heterocycles. The van der Waals surface area contributed by atoms with Crippen LogP contribution in [0, 0.1) is 45.3 Å². The van der Waals surface area contributed by atoms with Gasteiger partial charge in [0, 0.05) is 55.7 Å². The Morgan fingerprint density at radius 3 is 0.903 bits per heavy atom. The molecule has 62 heavy (non-hydrogen) atoms. The highest BCUT2D eigenvalue weighted by atomic mass is 16.3. The summed E-state index contributed by atoms with van der Waals surface area (Å²) in [5, 5.41) is 45.8. The molecule has 0 amide bonds. The molecule has 11 rings (SSSR count). The Morgan fingerprint density at radius 1 is 0.290 bits per heavy atom. The molecule has 0 unspecified atom stereocenters. The first-order valence-corrected chi connectivity index (χ1v) is 19.8. The highest BCUT2D eigenvalue weighted by molar-refractivity contribution is 6.27. The Bertz CT molecular complexity index is 3410. The second-order valence-electron chi connectivity index (χ2n) is 15.1. The van der Waals surface area contributed by atoms with Crippen LogP contribution >= 0.6 is 0 Å². The molecular weight excluding hydrogens is 765 g/mol. The molecule has 0 bridgehead atoms. The Balaban J connectivity index is 1.03. The predicted molar refractivity (Wildman–Crippen MR) is 244 cm³/mol.